The lowest BCUT2D eigenvalue weighted by Gasteiger charge is -2.13. The number of carbonyl (C=O) groups is 1. The van der Waals surface area contributed by atoms with Gasteiger partial charge in [-0.3, -0.25) is 4.79 Å². The highest BCUT2D eigenvalue weighted by Gasteiger charge is 2.30. The van der Waals surface area contributed by atoms with Gasteiger partial charge in [-0.25, -0.2) is 8.42 Å². The van der Waals surface area contributed by atoms with Crippen molar-refractivity contribution in [1.29, 1.82) is 0 Å². The molecule has 6 heteroatoms. The number of nitrogens with one attached hydrogen (secondary N) is 1. The van der Waals surface area contributed by atoms with E-state index in [1.165, 1.54) is 11.8 Å². The van der Waals surface area contributed by atoms with Crippen LogP contribution >= 0.6 is 11.8 Å². The Labute approximate surface area is 111 Å². The SMILES string of the molecule is Cc1ccc(C)c(S(=O)(=O)N[C@H]2CCSC2=O)c1. The van der Waals surface area contributed by atoms with Crippen LogP contribution in [0.2, 0.25) is 0 Å². The first-order chi connectivity index (χ1) is 8.40. The zero-order valence-electron chi connectivity index (χ0n) is 10.3. The number of hydrogen-bond donors (Lipinski definition) is 1. The molecule has 0 saturated carbocycles. The molecule has 1 aliphatic rings. The molecule has 1 atom stereocenters. The predicted octanol–water partition coefficient (Wildman–Crippen LogP) is 1.61. The zero-order valence-corrected chi connectivity index (χ0v) is 11.9. The number of aryl methyl sites for hydroxylation is 2. The molecule has 0 amide bonds. The minimum Gasteiger partial charge on any atom is -0.285 e. The van der Waals surface area contributed by atoms with Gasteiger partial charge in [0.2, 0.25) is 15.1 Å². The fraction of sp³-hybridized carbons (Fsp3) is 0.417. The molecule has 1 aromatic rings. The van der Waals surface area contributed by atoms with Crippen molar-refractivity contribution in [2.75, 3.05) is 5.75 Å². The van der Waals surface area contributed by atoms with Crippen molar-refractivity contribution in [2.45, 2.75) is 31.2 Å². The van der Waals surface area contributed by atoms with E-state index in [2.05, 4.69) is 4.72 Å². The third kappa shape index (κ3) is 2.76. The molecule has 0 radical (unpaired) electrons. The van der Waals surface area contributed by atoms with E-state index in [9.17, 15) is 13.2 Å². The van der Waals surface area contributed by atoms with Gasteiger partial charge in [-0.1, -0.05) is 23.9 Å². The van der Waals surface area contributed by atoms with Crippen molar-refractivity contribution in [3.8, 4) is 0 Å². The van der Waals surface area contributed by atoms with E-state index in [0.29, 0.717) is 17.7 Å². The summed E-state index contributed by atoms with van der Waals surface area (Å²) in [6.45, 7) is 3.59. The maximum absolute atomic E-state index is 12.2. The highest BCUT2D eigenvalue weighted by atomic mass is 32.2. The maximum atomic E-state index is 12.2. The van der Waals surface area contributed by atoms with E-state index in [-0.39, 0.29) is 10.0 Å². The largest absolute Gasteiger partial charge is 0.285 e. The molecule has 4 nitrogen and oxygen atoms in total. The molecule has 0 aliphatic carbocycles. The minimum atomic E-state index is -3.61. The van der Waals surface area contributed by atoms with Gasteiger partial charge in [0, 0.05) is 5.75 Å². The Morgan fingerprint density at radius 2 is 2.06 bits per heavy atom. The molecule has 0 unspecified atom stereocenters. The first-order valence-corrected chi connectivity index (χ1v) is 8.13. The molecule has 2 rings (SSSR count). The van der Waals surface area contributed by atoms with Gasteiger partial charge in [-0.2, -0.15) is 4.72 Å². The number of benzene rings is 1. The molecule has 1 aliphatic heterocycles. The van der Waals surface area contributed by atoms with E-state index in [1.807, 2.05) is 13.0 Å². The number of hydrogen-bond acceptors (Lipinski definition) is 4. The first-order valence-electron chi connectivity index (χ1n) is 5.66. The van der Waals surface area contributed by atoms with Crippen molar-refractivity contribution in [3.05, 3.63) is 29.3 Å². The monoisotopic (exact) mass is 285 g/mol. The Bertz CT molecular complexity index is 581. The molecule has 0 aromatic heterocycles. The van der Waals surface area contributed by atoms with Crippen molar-refractivity contribution in [2.24, 2.45) is 0 Å². The average Bonchev–Trinajstić information content (AvgIpc) is 2.67. The third-order valence-corrected chi connectivity index (χ3v) is 5.49. The highest BCUT2D eigenvalue weighted by molar-refractivity contribution is 8.14. The summed E-state index contributed by atoms with van der Waals surface area (Å²) in [7, 11) is -3.61. The van der Waals surface area contributed by atoms with Crippen LogP contribution in [0.25, 0.3) is 0 Å². The standard InChI is InChI=1S/C12H15NO3S2/c1-8-3-4-9(2)11(7-8)18(15,16)13-10-5-6-17-12(10)14/h3-4,7,10,13H,5-6H2,1-2H3/t10-/m0/s1. The third-order valence-electron chi connectivity index (χ3n) is 2.87. The molecular weight excluding hydrogens is 270 g/mol. The van der Waals surface area contributed by atoms with Crippen LogP contribution in [0.15, 0.2) is 23.1 Å². The Morgan fingerprint density at radius 3 is 2.67 bits per heavy atom. The molecule has 18 heavy (non-hydrogen) atoms. The van der Waals surface area contributed by atoms with Crippen molar-refractivity contribution >= 4 is 26.9 Å². The van der Waals surface area contributed by atoms with Gasteiger partial charge in [0.1, 0.15) is 0 Å². The smallest absolute Gasteiger partial charge is 0.241 e. The molecule has 1 heterocycles. The highest BCUT2D eigenvalue weighted by Crippen LogP contribution is 2.23. The summed E-state index contributed by atoms with van der Waals surface area (Å²) in [6, 6.07) is 4.68. The van der Waals surface area contributed by atoms with Crippen LogP contribution in [0.4, 0.5) is 0 Å². The van der Waals surface area contributed by atoms with E-state index in [1.54, 1.807) is 19.1 Å². The van der Waals surface area contributed by atoms with Gasteiger partial charge in [0.25, 0.3) is 0 Å². The Hall–Kier alpha value is -0.850. The summed E-state index contributed by atoms with van der Waals surface area (Å²) in [5.41, 5.74) is 1.57. The maximum Gasteiger partial charge on any atom is 0.241 e. The fourth-order valence-electron chi connectivity index (χ4n) is 1.85. The topological polar surface area (TPSA) is 63.2 Å². The van der Waals surface area contributed by atoms with Crippen LogP contribution < -0.4 is 4.72 Å². The quantitative estimate of drug-likeness (QED) is 0.916. The molecule has 1 N–H and O–H groups in total. The molecule has 1 fully saturated rings. The number of rotatable bonds is 3. The van der Waals surface area contributed by atoms with Gasteiger partial charge < -0.3 is 0 Å². The Balaban J connectivity index is 2.30. The number of thioether (sulfide) groups is 1. The Kier molecular flexibility index (Phi) is 3.79. The summed E-state index contributed by atoms with van der Waals surface area (Å²) < 4.78 is 27.0. The first kappa shape index (κ1) is 13.6. The van der Waals surface area contributed by atoms with Crippen molar-refractivity contribution in [1.82, 2.24) is 4.72 Å². The molecule has 0 spiro atoms. The van der Waals surface area contributed by atoms with Crippen molar-refractivity contribution < 1.29 is 13.2 Å². The van der Waals surface area contributed by atoms with Gasteiger partial charge in [0.05, 0.1) is 10.9 Å². The summed E-state index contributed by atoms with van der Waals surface area (Å²) in [5.74, 6) is 0.679. The molecule has 0 bridgehead atoms. The van der Waals surface area contributed by atoms with Crippen LogP contribution in [-0.2, 0) is 14.8 Å². The lowest BCUT2D eigenvalue weighted by molar-refractivity contribution is -0.111. The molecule has 1 aromatic carbocycles. The van der Waals surface area contributed by atoms with Crippen LogP contribution in [0.1, 0.15) is 17.5 Å². The van der Waals surface area contributed by atoms with E-state index in [0.717, 1.165) is 5.56 Å². The minimum absolute atomic E-state index is 0.0936. The summed E-state index contributed by atoms with van der Waals surface area (Å²) >= 11 is 1.18. The molecule has 1 saturated heterocycles. The van der Waals surface area contributed by atoms with Gasteiger partial charge >= 0.3 is 0 Å². The van der Waals surface area contributed by atoms with E-state index in [4.69, 9.17) is 0 Å². The lowest BCUT2D eigenvalue weighted by Crippen LogP contribution is -2.37. The zero-order chi connectivity index (χ0) is 13.3. The molecular formula is C12H15NO3S2. The lowest BCUT2D eigenvalue weighted by atomic mass is 10.2. The number of sulfonamides is 1. The predicted molar refractivity (Wildman–Crippen MR) is 72.1 cm³/mol. The summed E-state index contributed by atoms with van der Waals surface area (Å²) in [4.78, 5) is 11.7. The second-order valence-electron chi connectivity index (χ2n) is 4.40. The van der Waals surface area contributed by atoms with Gasteiger partial charge in [0.15, 0.2) is 0 Å². The normalized spacial score (nSPS) is 20.3. The average molecular weight is 285 g/mol. The van der Waals surface area contributed by atoms with E-state index >= 15 is 0 Å². The number of carbonyl (C=O) groups excluding carboxylic acids is 1. The van der Waals surface area contributed by atoms with Crippen LogP contribution in [-0.4, -0.2) is 25.3 Å². The van der Waals surface area contributed by atoms with Crippen molar-refractivity contribution in [3.63, 3.8) is 0 Å². The van der Waals surface area contributed by atoms with E-state index < -0.39 is 16.1 Å². The summed E-state index contributed by atoms with van der Waals surface area (Å²) in [6.07, 6.45) is 0.563. The van der Waals surface area contributed by atoms with Gasteiger partial charge in [-0.05, 0) is 37.5 Å². The second-order valence-corrected chi connectivity index (χ2v) is 7.18. The Morgan fingerprint density at radius 1 is 1.33 bits per heavy atom. The second kappa shape index (κ2) is 5.03. The molecule has 98 valence electrons. The van der Waals surface area contributed by atoms with Crippen LogP contribution in [0.3, 0.4) is 0 Å². The van der Waals surface area contributed by atoms with Crippen LogP contribution in [0.5, 0.6) is 0 Å². The van der Waals surface area contributed by atoms with Gasteiger partial charge in [-0.15, -0.1) is 0 Å². The summed E-state index contributed by atoms with van der Waals surface area (Å²) in [5, 5.41) is -0.0936. The fourth-order valence-corrected chi connectivity index (χ4v) is 4.42. The van der Waals surface area contributed by atoms with Crippen LogP contribution in [0, 0.1) is 13.8 Å².